The van der Waals surface area contributed by atoms with E-state index in [-0.39, 0.29) is 12.5 Å². The molecule has 1 N–H and O–H groups in total. The van der Waals surface area contributed by atoms with Crippen molar-refractivity contribution in [2.75, 3.05) is 0 Å². The Kier molecular flexibility index (Phi) is 10.5. The van der Waals surface area contributed by atoms with Gasteiger partial charge in [-0.05, 0) is 23.0 Å². The molecule has 0 aromatic carbocycles. The molecule has 1 unspecified atom stereocenters. The number of aliphatic carboxylic acids is 1. The number of unbranched alkanes of at least 4 members (excludes halogenated alkanes) is 2. The lowest BCUT2D eigenvalue weighted by Gasteiger charge is -2.44. The molecule has 0 amide bonds. The van der Waals surface area contributed by atoms with Gasteiger partial charge in [0.2, 0.25) is 8.32 Å². The monoisotopic (exact) mass is 340 g/mol. The van der Waals surface area contributed by atoms with E-state index in [4.69, 9.17) is 4.43 Å². The van der Waals surface area contributed by atoms with Crippen LogP contribution in [0.2, 0.25) is 16.6 Å². The van der Waals surface area contributed by atoms with Gasteiger partial charge >= 0.3 is 5.97 Å². The largest absolute Gasteiger partial charge is 0.481 e. The van der Waals surface area contributed by atoms with E-state index in [9.17, 15) is 9.90 Å². The van der Waals surface area contributed by atoms with Crippen LogP contribution in [0.1, 0.15) is 80.6 Å². The van der Waals surface area contributed by atoms with Gasteiger partial charge in [-0.15, -0.1) is 11.8 Å². The molecule has 0 aromatic rings. The van der Waals surface area contributed by atoms with Crippen LogP contribution in [0.5, 0.6) is 0 Å². The molecule has 0 bridgehead atoms. The van der Waals surface area contributed by atoms with Crippen LogP contribution in [0, 0.1) is 11.8 Å². The zero-order valence-electron chi connectivity index (χ0n) is 16.1. The molecule has 0 aliphatic carbocycles. The first-order chi connectivity index (χ1) is 10.7. The molecular formula is C19H36O3Si. The first-order valence-corrected chi connectivity index (χ1v) is 11.2. The van der Waals surface area contributed by atoms with Crippen LogP contribution in [0.4, 0.5) is 0 Å². The smallest absolute Gasteiger partial charge is 0.305 e. The van der Waals surface area contributed by atoms with Crippen LogP contribution in [0.3, 0.4) is 0 Å². The van der Waals surface area contributed by atoms with Crippen LogP contribution in [0.25, 0.3) is 0 Å². The highest BCUT2D eigenvalue weighted by Crippen LogP contribution is 2.43. The Balaban J connectivity index is 5.20. The summed E-state index contributed by atoms with van der Waals surface area (Å²) < 4.78 is 6.60. The summed E-state index contributed by atoms with van der Waals surface area (Å²) >= 11 is 0. The maximum absolute atomic E-state index is 11.2. The van der Waals surface area contributed by atoms with E-state index in [1.807, 2.05) is 0 Å². The molecule has 0 saturated carbocycles. The molecule has 134 valence electrons. The first-order valence-electron chi connectivity index (χ1n) is 9.03. The van der Waals surface area contributed by atoms with Gasteiger partial charge in [0.25, 0.3) is 0 Å². The first kappa shape index (κ1) is 22.2. The van der Waals surface area contributed by atoms with Crippen molar-refractivity contribution in [2.24, 2.45) is 0 Å². The lowest BCUT2D eigenvalue weighted by atomic mass is 10.2. The van der Waals surface area contributed by atoms with Crippen molar-refractivity contribution in [3.8, 4) is 11.8 Å². The molecular weight excluding hydrogens is 304 g/mol. The minimum Gasteiger partial charge on any atom is -0.481 e. The van der Waals surface area contributed by atoms with Crippen LogP contribution in [-0.2, 0) is 9.22 Å². The summed E-state index contributed by atoms with van der Waals surface area (Å²) in [6.45, 7) is 15.5. The molecule has 0 heterocycles. The van der Waals surface area contributed by atoms with Crippen LogP contribution < -0.4 is 0 Å². The highest BCUT2D eigenvalue weighted by molar-refractivity contribution is 6.77. The Morgan fingerprint density at radius 1 is 1.04 bits per heavy atom. The SMILES string of the molecule is CCCCC#CCC(CC(=O)O)O[Si](C(C)C)(C(C)C)C(C)C. The van der Waals surface area contributed by atoms with E-state index < -0.39 is 14.3 Å². The number of hydrogen-bond donors (Lipinski definition) is 1. The quantitative estimate of drug-likeness (QED) is 0.319. The molecule has 0 spiro atoms. The lowest BCUT2D eigenvalue weighted by molar-refractivity contribution is -0.138. The van der Waals surface area contributed by atoms with E-state index in [0.29, 0.717) is 23.0 Å². The van der Waals surface area contributed by atoms with Gasteiger partial charge in [-0.25, -0.2) is 0 Å². The van der Waals surface area contributed by atoms with Crippen LogP contribution in [-0.4, -0.2) is 25.5 Å². The highest BCUT2D eigenvalue weighted by Gasteiger charge is 2.46. The predicted octanol–water partition coefficient (Wildman–Crippen LogP) is 5.61. The Bertz CT molecular complexity index is 383. The van der Waals surface area contributed by atoms with Crippen molar-refractivity contribution < 1.29 is 14.3 Å². The third kappa shape index (κ3) is 7.09. The second-order valence-corrected chi connectivity index (χ2v) is 12.7. The molecule has 0 aromatic heterocycles. The van der Waals surface area contributed by atoms with E-state index >= 15 is 0 Å². The van der Waals surface area contributed by atoms with Crippen molar-refractivity contribution in [1.29, 1.82) is 0 Å². The fraction of sp³-hybridized carbons (Fsp3) is 0.842. The second kappa shape index (κ2) is 10.9. The molecule has 1 atom stereocenters. The summed E-state index contributed by atoms with van der Waals surface area (Å²) in [6, 6.07) is 0. The summed E-state index contributed by atoms with van der Waals surface area (Å²) in [5, 5.41) is 9.22. The standard InChI is InChI=1S/C19H36O3Si/c1-8-9-10-11-12-13-18(14-19(20)21)22-23(15(2)3,16(4)5)17(6)7/h15-18H,8-10,13-14H2,1-7H3,(H,20,21). The molecule has 0 aliphatic heterocycles. The second-order valence-electron chi connectivity index (χ2n) is 7.32. The normalized spacial score (nSPS) is 13.3. The van der Waals surface area contributed by atoms with Gasteiger partial charge in [0, 0.05) is 12.8 Å². The Hall–Kier alpha value is -0.793. The van der Waals surface area contributed by atoms with Gasteiger partial charge in [-0.1, -0.05) is 54.9 Å². The molecule has 4 heteroatoms. The lowest BCUT2D eigenvalue weighted by Crippen LogP contribution is -2.50. The van der Waals surface area contributed by atoms with Crippen LogP contribution >= 0.6 is 0 Å². The van der Waals surface area contributed by atoms with Gasteiger partial charge in [-0.3, -0.25) is 4.79 Å². The fourth-order valence-electron chi connectivity index (χ4n) is 3.59. The zero-order chi connectivity index (χ0) is 18.0. The topological polar surface area (TPSA) is 46.5 Å². The molecule has 23 heavy (non-hydrogen) atoms. The Morgan fingerprint density at radius 3 is 1.96 bits per heavy atom. The molecule has 0 saturated heterocycles. The Morgan fingerprint density at radius 2 is 1.57 bits per heavy atom. The number of carboxylic acids is 1. The summed E-state index contributed by atoms with van der Waals surface area (Å²) in [6.07, 6.45) is 3.39. The number of rotatable bonds is 10. The van der Waals surface area contributed by atoms with E-state index in [0.717, 1.165) is 19.3 Å². The summed E-state index contributed by atoms with van der Waals surface area (Å²) in [4.78, 5) is 11.2. The highest BCUT2D eigenvalue weighted by atomic mass is 28.4. The van der Waals surface area contributed by atoms with Gasteiger partial charge < -0.3 is 9.53 Å². The van der Waals surface area contributed by atoms with Crippen molar-refractivity contribution >= 4 is 14.3 Å². The predicted molar refractivity (Wildman–Crippen MR) is 100 cm³/mol. The fourth-order valence-corrected chi connectivity index (χ4v) is 9.15. The molecule has 0 fully saturated rings. The van der Waals surface area contributed by atoms with Crippen molar-refractivity contribution in [3.05, 3.63) is 0 Å². The van der Waals surface area contributed by atoms with Gasteiger partial charge in [0.05, 0.1) is 12.5 Å². The van der Waals surface area contributed by atoms with E-state index in [1.54, 1.807) is 0 Å². The molecule has 0 radical (unpaired) electrons. The third-order valence-corrected chi connectivity index (χ3v) is 10.7. The summed E-state index contributed by atoms with van der Waals surface area (Å²) in [5.41, 5.74) is 1.35. The molecule has 3 nitrogen and oxygen atoms in total. The van der Waals surface area contributed by atoms with Gasteiger partial charge in [0.15, 0.2) is 0 Å². The van der Waals surface area contributed by atoms with Crippen LogP contribution in [0.15, 0.2) is 0 Å². The average Bonchev–Trinajstić information content (AvgIpc) is 2.42. The van der Waals surface area contributed by atoms with E-state index in [2.05, 4.69) is 60.3 Å². The minimum atomic E-state index is -2.06. The summed E-state index contributed by atoms with van der Waals surface area (Å²) in [5.74, 6) is 5.50. The van der Waals surface area contributed by atoms with Crippen molar-refractivity contribution in [1.82, 2.24) is 0 Å². The van der Waals surface area contributed by atoms with Crippen molar-refractivity contribution in [2.45, 2.75) is 103 Å². The zero-order valence-corrected chi connectivity index (χ0v) is 17.1. The summed E-state index contributed by atoms with van der Waals surface area (Å²) in [7, 11) is -2.06. The van der Waals surface area contributed by atoms with Gasteiger partial charge in [0.1, 0.15) is 0 Å². The average molecular weight is 341 g/mol. The molecule has 0 rings (SSSR count). The molecule has 0 aliphatic rings. The Labute approximate surface area is 144 Å². The number of hydrogen-bond acceptors (Lipinski definition) is 2. The third-order valence-electron chi connectivity index (χ3n) is 4.59. The van der Waals surface area contributed by atoms with Gasteiger partial charge in [-0.2, -0.15) is 0 Å². The minimum absolute atomic E-state index is 0.0450. The maximum Gasteiger partial charge on any atom is 0.305 e. The number of carbonyl (C=O) groups is 1. The van der Waals surface area contributed by atoms with E-state index in [1.165, 1.54) is 0 Å². The number of carboxylic acid groups (broad SMARTS) is 1. The van der Waals surface area contributed by atoms with Crippen molar-refractivity contribution in [3.63, 3.8) is 0 Å². The maximum atomic E-state index is 11.2.